The first-order valence-electron chi connectivity index (χ1n) is 9.47. The molecule has 7 heteroatoms. The van der Waals surface area contributed by atoms with Gasteiger partial charge < -0.3 is 0 Å². The fourth-order valence-corrected chi connectivity index (χ4v) is 4.26. The van der Waals surface area contributed by atoms with Crippen LogP contribution in [0.5, 0.6) is 0 Å². The number of nitro groups is 1. The number of carbonyl (C=O) groups excluding carboxylic acids is 2. The molecule has 1 atom stereocenters. The second-order valence-electron chi connectivity index (χ2n) is 7.39. The van der Waals surface area contributed by atoms with E-state index in [9.17, 15) is 24.1 Å². The predicted octanol–water partition coefficient (Wildman–Crippen LogP) is 4.57. The second-order valence-corrected chi connectivity index (χ2v) is 7.39. The summed E-state index contributed by atoms with van der Waals surface area (Å²) in [5.74, 6) is -1.65. The van der Waals surface area contributed by atoms with Gasteiger partial charge in [0.25, 0.3) is 5.69 Å². The summed E-state index contributed by atoms with van der Waals surface area (Å²) in [7, 11) is 0. The number of allylic oxidation sites excluding steroid dienone is 2. The van der Waals surface area contributed by atoms with Gasteiger partial charge in [0.05, 0.1) is 4.92 Å². The number of carbonyl (C=O) groups is 2. The summed E-state index contributed by atoms with van der Waals surface area (Å²) >= 11 is 0. The zero-order valence-electron chi connectivity index (χ0n) is 15.9. The summed E-state index contributed by atoms with van der Waals surface area (Å²) in [6.45, 7) is 1.73. The third-order valence-corrected chi connectivity index (χ3v) is 5.52. The molecular formula is C22H19FN2O4. The molecule has 29 heavy (non-hydrogen) atoms. The number of nitro benzene ring substituents is 1. The fourth-order valence-electron chi connectivity index (χ4n) is 4.26. The van der Waals surface area contributed by atoms with Gasteiger partial charge in [0.15, 0.2) is 5.78 Å². The normalized spacial score (nSPS) is 19.4. The number of anilines is 1. The maximum absolute atomic E-state index is 14.5. The molecule has 0 fully saturated rings. The van der Waals surface area contributed by atoms with E-state index in [2.05, 4.69) is 0 Å². The molecule has 0 saturated carbocycles. The third-order valence-electron chi connectivity index (χ3n) is 5.52. The number of halogens is 1. The molecule has 1 unspecified atom stereocenters. The van der Waals surface area contributed by atoms with Crippen LogP contribution in [0.3, 0.4) is 0 Å². The van der Waals surface area contributed by atoms with Gasteiger partial charge in [0.1, 0.15) is 11.5 Å². The average molecular weight is 394 g/mol. The van der Waals surface area contributed by atoms with Gasteiger partial charge in [0.2, 0.25) is 5.91 Å². The highest BCUT2D eigenvalue weighted by molar-refractivity contribution is 6.08. The van der Waals surface area contributed by atoms with E-state index in [0.29, 0.717) is 41.7 Å². The smallest absolute Gasteiger partial charge is 0.293 e. The molecular weight excluding hydrogens is 375 g/mol. The summed E-state index contributed by atoms with van der Waals surface area (Å²) in [6, 6.07) is 10.8. The van der Waals surface area contributed by atoms with Crippen LogP contribution in [0.15, 0.2) is 53.7 Å². The largest absolute Gasteiger partial charge is 0.294 e. The highest BCUT2D eigenvalue weighted by Gasteiger charge is 2.42. The highest BCUT2D eigenvalue weighted by Crippen LogP contribution is 2.45. The van der Waals surface area contributed by atoms with E-state index in [0.717, 1.165) is 0 Å². The molecule has 0 bridgehead atoms. The molecule has 4 rings (SSSR count). The van der Waals surface area contributed by atoms with Crippen LogP contribution in [-0.4, -0.2) is 16.6 Å². The molecule has 148 valence electrons. The van der Waals surface area contributed by atoms with Gasteiger partial charge in [-0.05, 0) is 43.0 Å². The van der Waals surface area contributed by atoms with Gasteiger partial charge in [-0.3, -0.25) is 24.6 Å². The van der Waals surface area contributed by atoms with E-state index in [-0.39, 0.29) is 29.5 Å². The summed E-state index contributed by atoms with van der Waals surface area (Å²) in [6.07, 6.45) is 1.19. The lowest BCUT2D eigenvalue weighted by molar-refractivity contribution is -0.384. The van der Waals surface area contributed by atoms with E-state index in [1.54, 1.807) is 37.3 Å². The number of rotatable bonds is 3. The number of Topliss-reactive ketones (excluding diaryl/α,β-unsaturated/α-hetero) is 1. The lowest BCUT2D eigenvalue weighted by atomic mass is 9.77. The third kappa shape index (κ3) is 3.22. The first-order valence-corrected chi connectivity index (χ1v) is 9.47. The quantitative estimate of drug-likeness (QED) is 0.564. The minimum atomic E-state index is -0.674. The summed E-state index contributed by atoms with van der Waals surface area (Å²) in [5.41, 5.74) is 1.82. The monoisotopic (exact) mass is 394 g/mol. The molecule has 6 nitrogen and oxygen atoms in total. The Balaban J connectivity index is 1.93. The molecule has 0 N–H and O–H groups in total. The maximum Gasteiger partial charge on any atom is 0.293 e. The second kappa shape index (κ2) is 7.24. The van der Waals surface area contributed by atoms with Crippen LogP contribution in [-0.2, 0) is 9.59 Å². The molecule has 1 aliphatic heterocycles. The van der Waals surface area contributed by atoms with Crippen LogP contribution >= 0.6 is 0 Å². The number of hydrogen-bond acceptors (Lipinski definition) is 4. The van der Waals surface area contributed by atoms with Crippen LogP contribution in [0.25, 0.3) is 0 Å². The molecule has 1 amide bonds. The Morgan fingerprint density at radius 3 is 2.62 bits per heavy atom. The van der Waals surface area contributed by atoms with Crippen molar-refractivity contribution in [2.24, 2.45) is 0 Å². The molecule has 1 heterocycles. The number of hydrogen-bond donors (Lipinski definition) is 0. The SMILES string of the molecule is Cc1ccc(N2C(=O)CC(c3ccccc3F)C3=C2CCCC3=O)c([N+](=O)[O-])c1. The Labute approximate surface area is 166 Å². The van der Waals surface area contributed by atoms with Gasteiger partial charge in [-0.2, -0.15) is 0 Å². The van der Waals surface area contributed by atoms with Crippen molar-refractivity contribution >= 4 is 23.1 Å². The summed E-state index contributed by atoms with van der Waals surface area (Å²) < 4.78 is 14.5. The lowest BCUT2D eigenvalue weighted by Gasteiger charge is -2.38. The van der Waals surface area contributed by atoms with Gasteiger partial charge in [-0.15, -0.1) is 0 Å². The molecule has 0 radical (unpaired) electrons. The minimum absolute atomic E-state index is 0.115. The predicted molar refractivity (Wildman–Crippen MR) is 105 cm³/mol. The molecule has 0 spiro atoms. The van der Waals surface area contributed by atoms with Crippen LogP contribution in [0.2, 0.25) is 0 Å². The van der Waals surface area contributed by atoms with Crippen molar-refractivity contribution in [1.82, 2.24) is 0 Å². The van der Waals surface area contributed by atoms with E-state index in [1.807, 2.05) is 0 Å². The summed E-state index contributed by atoms with van der Waals surface area (Å²) in [5, 5.41) is 11.6. The first-order chi connectivity index (χ1) is 13.9. The maximum atomic E-state index is 14.5. The molecule has 2 aliphatic rings. The van der Waals surface area contributed by atoms with Crippen LogP contribution in [0, 0.1) is 22.9 Å². The van der Waals surface area contributed by atoms with E-state index >= 15 is 0 Å². The topological polar surface area (TPSA) is 80.5 Å². The van der Waals surface area contributed by atoms with Crippen molar-refractivity contribution in [3.05, 3.63) is 80.8 Å². The Morgan fingerprint density at radius 1 is 1.14 bits per heavy atom. The van der Waals surface area contributed by atoms with Crippen molar-refractivity contribution in [2.75, 3.05) is 4.90 Å². The Morgan fingerprint density at radius 2 is 1.90 bits per heavy atom. The Hall–Kier alpha value is -3.35. The van der Waals surface area contributed by atoms with Crippen LogP contribution < -0.4 is 4.90 Å². The van der Waals surface area contributed by atoms with E-state index < -0.39 is 16.7 Å². The van der Waals surface area contributed by atoms with Crippen molar-refractivity contribution in [3.63, 3.8) is 0 Å². The van der Waals surface area contributed by atoms with Crippen molar-refractivity contribution in [3.8, 4) is 0 Å². The number of benzene rings is 2. The Bertz CT molecular complexity index is 1080. The number of ketones is 1. The van der Waals surface area contributed by atoms with Crippen molar-refractivity contribution in [1.29, 1.82) is 0 Å². The highest BCUT2D eigenvalue weighted by atomic mass is 19.1. The molecule has 1 aliphatic carbocycles. The minimum Gasteiger partial charge on any atom is -0.294 e. The number of aryl methyl sites for hydroxylation is 1. The van der Waals surface area contributed by atoms with Crippen LogP contribution in [0.1, 0.15) is 42.7 Å². The van der Waals surface area contributed by atoms with Crippen molar-refractivity contribution in [2.45, 2.75) is 38.5 Å². The molecule has 0 saturated heterocycles. The van der Waals surface area contributed by atoms with E-state index in [4.69, 9.17) is 0 Å². The zero-order valence-corrected chi connectivity index (χ0v) is 15.9. The lowest BCUT2D eigenvalue weighted by Crippen LogP contribution is -2.41. The fraction of sp³-hybridized carbons (Fsp3) is 0.273. The molecule has 2 aromatic rings. The molecule has 2 aromatic carbocycles. The molecule has 0 aromatic heterocycles. The number of nitrogens with zero attached hydrogens (tertiary/aromatic N) is 2. The van der Waals surface area contributed by atoms with Gasteiger partial charge in [0, 0.05) is 36.1 Å². The standard InChI is InChI=1S/C22H19FN2O4/c1-13-9-10-17(19(11-13)25(28)29)24-18-7-4-8-20(26)22(18)15(12-21(24)27)14-5-2-3-6-16(14)23/h2-3,5-6,9-11,15H,4,7-8,12H2,1H3. The summed E-state index contributed by atoms with van der Waals surface area (Å²) in [4.78, 5) is 38.4. The van der Waals surface area contributed by atoms with E-state index in [1.165, 1.54) is 17.0 Å². The van der Waals surface area contributed by atoms with Gasteiger partial charge in [-0.25, -0.2) is 4.39 Å². The average Bonchev–Trinajstić information content (AvgIpc) is 2.68. The zero-order chi connectivity index (χ0) is 20.7. The van der Waals surface area contributed by atoms with Gasteiger partial charge in [-0.1, -0.05) is 24.3 Å². The Kier molecular flexibility index (Phi) is 4.74. The first kappa shape index (κ1) is 19.0. The number of amides is 1. The van der Waals surface area contributed by atoms with Gasteiger partial charge >= 0.3 is 0 Å². The van der Waals surface area contributed by atoms with Crippen molar-refractivity contribution < 1.29 is 18.9 Å². The van der Waals surface area contributed by atoms with Crippen LogP contribution in [0.4, 0.5) is 15.8 Å².